The fourth-order valence-corrected chi connectivity index (χ4v) is 13.3. The molecule has 94 heavy (non-hydrogen) atoms. The first-order valence-electron chi connectivity index (χ1n) is 34.1. The average molecular weight is 1360 g/mol. The van der Waals surface area contributed by atoms with Crippen LogP contribution in [0.3, 0.4) is 0 Å². The van der Waals surface area contributed by atoms with Crippen LogP contribution in [0.5, 0.6) is 0 Å². The number of hydrogen-bond donors (Lipinski definition) is 14. The lowest BCUT2D eigenvalue weighted by Crippen LogP contribution is -2.62. The van der Waals surface area contributed by atoms with E-state index in [0.29, 0.717) is 31.6 Å². The van der Waals surface area contributed by atoms with Crippen LogP contribution in [0.4, 0.5) is 0 Å². The summed E-state index contributed by atoms with van der Waals surface area (Å²) in [6, 6.07) is 0. The topological polar surface area (TPSA) is 412 Å². The zero-order valence-corrected chi connectivity index (χ0v) is 55.9. The highest BCUT2D eigenvalue weighted by atomic mass is 32.3. The van der Waals surface area contributed by atoms with E-state index in [1.807, 2.05) is 6.08 Å². The zero-order valence-electron chi connectivity index (χ0n) is 55.1. The Labute approximate surface area is 555 Å². The van der Waals surface area contributed by atoms with Gasteiger partial charge in [0.1, 0.15) is 60.7 Å². The molecule has 5 aliphatic heterocycles. The number of ketones is 1. The van der Waals surface area contributed by atoms with Gasteiger partial charge in [0.15, 0.2) is 12.6 Å². The van der Waals surface area contributed by atoms with E-state index < -0.39 is 165 Å². The molecule has 5 heterocycles. The smallest absolute Gasteiger partial charge is 0.394 e. The molecule has 5 saturated heterocycles. The van der Waals surface area contributed by atoms with Crippen molar-refractivity contribution in [2.45, 2.75) is 328 Å². The van der Waals surface area contributed by atoms with Gasteiger partial charge in [0.2, 0.25) is 0 Å². The van der Waals surface area contributed by atoms with Crippen LogP contribution >= 0.6 is 0 Å². The Bertz CT molecular complexity index is 2410. The molecule has 0 aliphatic carbocycles. The van der Waals surface area contributed by atoms with Gasteiger partial charge in [-0.3, -0.25) is 9.35 Å². The van der Waals surface area contributed by atoms with Gasteiger partial charge in [-0.05, 0) is 109 Å². The number of aliphatic hydroxyl groups excluding tert-OH is 13. The quantitative estimate of drug-likeness (QED) is 0.0135. The summed E-state index contributed by atoms with van der Waals surface area (Å²) in [7, 11) is -5.01. The minimum atomic E-state index is -5.01. The van der Waals surface area contributed by atoms with Crippen molar-refractivity contribution in [2.75, 3.05) is 13.2 Å². The summed E-state index contributed by atoms with van der Waals surface area (Å²) in [4.78, 5) is 13.3. The van der Waals surface area contributed by atoms with Gasteiger partial charge in [0.05, 0.1) is 92.6 Å². The number of ether oxygens (including phenoxy) is 7. The maximum atomic E-state index is 13.3. The average Bonchev–Trinajstić information content (AvgIpc) is 1.25. The van der Waals surface area contributed by atoms with E-state index in [9.17, 15) is 84.1 Å². The first-order valence-corrected chi connectivity index (χ1v) is 35.4. The number of Topliss-reactive ketones (excluding diaryl/α,β-unsaturated/α-hetero) is 1. The molecule has 5 aliphatic rings. The van der Waals surface area contributed by atoms with Crippen LogP contribution in [0.1, 0.15) is 181 Å². The molecule has 26 heteroatoms. The van der Waals surface area contributed by atoms with Crippen LogP contribution in [-0.4, -0.2) is 245 Å². The number of allylic oxidation sites excluding steroid dienone is 7. The van der Waals surface area contributed by atoms with Crippen LogP contribution in [-0.2, 0) is 52.5 Å². The maximum absolute atomic E-state index is 13.3. The van der Waals surface area contributed by atoms with Gasteiger partial charge >= 0.3 is 10.4 Å². The number of hydrogen-bond acceptors (Lipinski definition) is 24. The number of rotatable bonds is 47. The zero-order chi connectivity index (χ0) is 69.1. The second-order valence-corrected chi connectivity index (χ2v) is 27.8. The lowest BCUT2D eigenvalue weighted by molar-refractivity contribution is -0.336. The van der Waals surface area contributed by atoms with Crippen molar-refractivity contribution in [1.29, 1.82) is 0 Å². The number of carbonyl (C=O) groups is 1. The van der Waals surface area contributed by atoms with Gasteiger partial charge in [-0.15, -0.1) is 6.58 Å². The third-order valence-corrected chi connectivity index (χ3v) is 18.7. The van der Waals surface area contributed by atoms with Crippen molar-refractivity contribution in [2.24, 2.45) is 5.92 Å². The molecule has 0 aromatic rings. The fourth-order valence-electron chi connectivity index (χ4n) is 12.7. The van der Waals surface area contributed by atoms with Gasteiger partial charge in [-0.2, -0.15) is 8.42 Å². The summed E-state index contributed by atoms with van der Waals surface area (Å²) in [5.41, 5.74) is 2.11. The summed E-state index contributed by atoms with van der Waals surface area (Å²) >= 11 is 0. The first kappa shape index (κ1) is 81.9. The molecule has 5 fully saturated rings. The standard InChI is InChI=1S/C68H114O25S/c1-6-21-43(4)32-49-37-51(75)53(87-49)26-19-18-24-41(2)22-16-14-12-10-8-7-9-11-13-15-17-23-42(3)28-31-55-54(89-55)27-20-25-48(88-68-65(82)63(80)61(78)59(92-68)40-86-67-64(81)62(79)60(77)58(39-69)91-67)36-47(73)35-46(72)34-45(71)29-30-50(74)56-38-52(76)66(93-94(83,84)85)57(90-56)33-44(5)70/h6,8,10,16,18-19,22,42,44-45,47-71,73-82H,1-2,4,7,9,11-15,17,20-21,23-40H2,3,5H3,(H,83,84,85)/b10-8+,19-18+,22-16+/t42-,44+,45+,47+,48+,49-,50-,51-,52+,53+,54-,55-,56+,57-,58-,59-,60-,61-,62+,63+,64-,65-,66+,67-,68-/m1/s1. The van der Waals surface area contributed by atoms with Crippen LogP contribution in [0.15, 0.2) is 73.4 Å². The monoisotopic (exact) mass is 1360 g/mol. The summed E-state index contributed by atoms with van der Waals surface area (Å²) in [5.74, 6) is -0.0190. The van der Waals surface area contributed by atoms with Crippen molar-refractivity contribution in [3.63, 3.8) is 0 Å². The normalized spacial score (nSPS) is 33.6. The van der Waals surface area contributed by atoms with Crippen LogP contribution < -0.4 is 0 Å². The van der Waals surface area contributed by atoms with Gasteiger partial charge < -0.3 is 99.5 Å². The highest BCUT2D eigenvalue weighted by Gasteiger charge is 2.49. The molecule has 0 unspecified atom stereocenters. The van der Waals surface area contributed by atoms with Crippen LogP contribution in [0, 0.1) is 5.92 Å². The largest absolute Gasteiger partial charge is 0.397 e. The molecule has 0 aromatic heterocycles. The summed E-state index contributed by atoms with van der Waals surface area (Å²) in [6.07, 6.45) is 1.37. The van der Waals surface area contributed by atoms with Crippen molar-refractivity contribution in [1.82, 2.24) is 0 Å². The number of carbonyl (C=O) groups excluding carboxylic acids is 1. The van der Waals surface area contributed by atoms with E-state index in [4.69, 9.17) is 33.2 Å². The molecule has 0 spiro atoms. The van der Waals surface area contributed by atoms with Crippen molar-refractivity contribution in [3.05, 3.63) is 73.4 Å². The molecule has 25 nitrogen and oxygen atoms in total. The number of epoxide rings is 1. The third-order valence-electron chi connectivity index (χ3n) is 18.2. The molecule has 0 saturated carbocycles. The molecule has 0 bridgehead atoms. The Morgan fingerprint density at radius 1 is 0.617 bits per heavy atom. The number of aliphatic hydroxyl groups is 13. The van der Waals surface area contributed by atoms with Crippen molar-refractivity contribution in [3.8, 4) is 0 Å². The highest BCUT2D eigenvalue weighted by Crippen LogP contribution is 2.36. The van der Waals surface area contributed by atoms with Gasteiger partial charge in [-0.25, -0.2) is 4.18 Å². The van der Waals surface area contributed by atoms with Gasteiger partial charge in [0.25, 0.3) is 0 Å². The molecular formula is C68H114O25S. The molecular weight excluding hydrogens is 1250 g/mol. The van der Waals surface area contributed by atoms with E-state index in [2.05, 4.69) is 67.3 Å². The Kier molecular flexibility index (Phi) is 36.9. The minimum absolute atomic E-state index is 0.00855. The fraction of sp³-hybridized carbons (Fsp3) is 0.809. The molecule has 0 amide bonds. The summed E-state index contributed by atoms with van der Waals surface area (Å²) in [5, 5.41) is 138. The summed E-state index contributed by atoms with van der Waals surface area (Å²) in [6.45, 7) is 14.3. The van der Waals surface area contributed by atoms with E-state index in [0.717, 1.165) is 81.8 Å². The molecule has 25 atom stereocenters. The lowest BCUT2D eigenvalue weighted by atomic mass is 9.90. The minimum Gasteiger partial charge on any atom is -0.394 e. The molecule has 0 radical (unpaired) electrons. The molecule has 542 valence electrons. The number of unbranched alkanes of at least 4 members (excludes halogenated alkanes) is 6. The summed E-state index contributed by atoms with van der Waals surface area (Å²) < 4.78 is 77.6. The second-order valence-electron chi connectivity index (χ2n) is 26.8. The van der Waals surface area contributed by atoms with Crippen LogP contribution in [0.2, 0.25) is 0 Å². The molecule has 14 N–H and O–H groups in total. The maximum Gasteiger partial charge on any atom is 0.397 e. The third kappa shape index (κ3) is 29.6. The Morgan fingerprint density at radius 2 is 1.28 bits per heavy atom. The van der Waals surface area contributed by atoms with E-state index in [1.54, 1.807) is 0 Å². The highest BCUT2D eigenvalue weighted by molar-refractivity contribution is 7.80. The first-order chi connectivity index (χ1) is 44.7. The Hall–Kier alpha value is -2.82. The molecule has 5 rings (SSSR count). The van der Waals surface area contributed by atoms with Crippen molar-refractivity contribution >= 4 is 16.2 Å². The SMILES string of the molecule is C=CCC(=C)C[C@@H]1C[C@@H](O)[C@H](C/C=C/CC(=C)/C=C/CC/C=C/CCCCCCC[C@@H](C)CC[C@H]2O[C@@H]2CCC[C@@H](C[C@@H](O)CC(=O)C[C@@H](O)CC[C@@H](O)[C@@H]2C[C@H](O)[C@H](OS(=O)(=O)O)[C@@H](C[C@H](C)O)O2)O[C@@H]2O[C@H](CO[C@@H]3O[C@H](CO)[C@@H](O)[C@H](O)[C@H]3O)[C@@H](O)[C@H](O)[C@H]2O)O1. The van der Waals surface area contributed by atoms with Gasteiger partial charge in [0, 0.05) is 38.5 Å². The van der Waals surface area contributed by atoms with E-state index >= 15 is 0 Å². The predicted octanol–water partition coefficient (Wildman–Crippen LogP) is 3.99. The van der Waals surface area contributed by atoms with E-state index in [-0.39, 0.29) is 62.9 Å². The molecule has 0 aromatic carbocycles. The lowest BCUT2D eigenvalue weighted by Gasteiger charge is -2.43. The Morgan fingerprint density at radius 3 is 1.99 bits per heavy atom. The predicted molar refractivity (Wildman–Crippen MR) is 346 cm³/mol. The van der Waals surface area contributed by atoms with Gasteiger partial charge in [-0.1, -0.05) is 106 Å². The van der Waals surface area contributed by atoms with Crippen LogP contribution in [0.25, 0.3) is 0 Å². The van der Waals surface area contributed by atoms with Crippen molar-refractivity contribution < 1.29 is 121 Å². The second kappa shape index (κ2) is 42.3. The van der Waals surface area contributed by atoms with E-state index in [1.165, 1.54) is 26.2 Å². The Balaban J connectivity index is 0.997.